The zero-order chi connectivity index (χ0) is 21.9. The van der Waals surface area contributed by atoms with E-state index in [1.54, 1.807) is 7.05 Å². The minimum Gasteiger partial charge on any atom is -0.396 e. The lowest BCUT2D eigenvalue weighted by Gasteiger charge is -2.31. The van der Waals surface area contributed by atoms with Gasteiger partial charge >= 0.3 is 0 Å². The maximum Gasteiger partial charge on any atom is 0.232 e. The molecule has 2 aromatic carbocycles. The number of guanidine groups is 1. The van der Waals surface area contributed by atoms with Gasteiger partial charge in [0.05, 0.1) is 25.7 Å². The fourth-order valence-corrected chi connectivity index (χ4v) is 3.69. The first-order chi connectivity index (χ1) is 15.2. The number of morpholine rings is 1. The fourth-order valence-electron chi connectivity index (χ4n) is 3.69. The molecule has 1 aliphatic rings. The molecular formula is C24H32N4O3. The van der Waals surface area contributed by atoms with Gasteiger partial charge in [0.2, 0.25) is 5.91 Å². The summed E-state index contributed by atoms with van der Waals surface area (Å²) in [4.78, 5) is 19.4. The zero-order valence-electron chi connectivity index (χ0n) is 18.0. The van der Waals surface area contributed by atoms with E-state index in [0.29, 0.717) is 45.4 Å². The first-order valence-electron chi connectivity index (χ1n) is 10.7. The van der Waals surface area contributed by atoms with E-state index in [9.17, 15) is 9.90 Å². The van der Waals surface area contributed by atoms with Crippen molar-refractivity contribution in [2.75, 3.05) is 53.0 Å². The molecule has 7 nitrogen and oxygen atoms in total. The molecule has 2 atom stereocenters. The van der Waals surface area contributed by atoms with Crippen LogP contribution < -0.4 is 10.6 Å². The lowest BCUT2D eigenvalue weighted by atomic mass is 9.97. The van der Waals surface area contributed by atoms with Gasteiger partial charge in [0.15, 0.2) is 5.96 Å². The van der Waals surface area contributed by atoms with E-state index in [0.717, 1.165) is 11.1 Å². The highest BCUT2D eigenvalue weighted by molar-refractivity contribution is 5.86. The molecule has 31 heavy (non-hydrogen) atoms. The van der Waals surface area contributed by atoms with Gasteiger partial charge < -0.3 is 25.4 Å². The fraction of sp³-hybridized carbons (Fsp3) is 0.417. The number of amides is 1. The molecule has 0 spiro atoms. The number of ether oxygens (including phenoxy) is 1. The van der Waals surface area contributed by atoms with Crippen LogP contribution in [0.5, 0.6) is 0 Å². The smallest absolute Gasteiger partial charge is 0.232 e. The summed E-state index contributed by atoms with van der Waals surface area (Å²) in [5.74, 6) is 0.334. The Morgan fingerprint density at radius 2 is 1.58 bits per heavy atom. The van der Waals surface area contributed by atoms with E-state index in [2.05, 4.69) is 15.6 Å². The number of hydrogen-bond acceptors (Lipinski definition) is 4. The summed E-state index contributed by atoms with van der Waals surface area (Å²) in [6.07, 6.45) is 0. The molecule has 3 rings (SSSR count). The first kappa shape index (κ1) is 22.8. The minimum absolute atomic E-state index is 0.0379. The third-order valence-electron chi connectivity index (χ3n) is 5.53. The van der Waals surface area contributed by atoms with E-state index in [1.165, 1.54) is 0 Å². The van der Waals surface area contributed by atoms with E-state index in [4.69, 9.17) is 4.74 Å². The van der Waals surface area contributed by atoms with Gasteiger partial charge in [0, 0.05) is 39.1 Å². The highest BCUT2D eigenvalue weighted by Gasteiger charge is 2.27. The standard InChI is InChI=1S/C24H32N4O3/c1-25-24(26-16-21(18-29)19-8-4-2-5-9-19)27-17-22(20-10-6-3-7-11-20)23(30)28-12-14-31-15-13-28/h2-11,21-22,29H,12-18H2,1H3,(H2,25,26,27). The van der Waals surface area contributed by atoms with Crippen molar-refractivity contribution < 1.29 is 14.6 Å². The first-order valence-corrected chi connectivity index (χ1v) is 10.7. The second kappa shape index (κ2) is 12.1. The molecule has 1 amide bonds. The molecule has 1 fully saturated rings. The Morgan fingerprint density at radius 3 is 2.16 bits per heavy atom. The number of rotatable bonds is 8. The summed E-state index contributed by atoms with van der Waals surface area (Å²) >= 11 is 0. The monoisotopic (exact) mass is 424 g/mol. The van der Waals surface area contributed by atoms with Crippen LogP contribution in [0.3, 0.4) is 0 Å². The Balaban J connectivity index is 1.63. The Morgan fingerprint density at radius 1 is 1.00 bits per heavy atom. The summed E-state index contributed by atoms with van der Waals surface area (Å²) in [6.45, 7) is 3.38. The molecule has 2 aromatic rings. The van der Waals surface area contributed by atoms with E-state index in [-0.39, 0.29) is 24.3 Å². The number of aliphatic hydroxyl groups excluding tert-OH is 1. The number of benzene rings is 2. The van der Waals surface area contributed by atoms with Crippen LogP contribution in [0.25, 0.3) is 0 Å². The van der Waals surface area contributed by atoms with Gasteiger partial charge in [-0.3, -0.25) is 9.79 Å². The lowest BCUT2D eigenvalue weighted by Crippen LogP contribution is -2.47. The van der Waals surface area contributed by atoms with Gasteiger partial charge in [-0.25, -0.2) is 0 Å². The second-order valence-electron chi connectivity index (χ2n) is 7.53. The highest BCUT2D eigenvalue weighted by Crippen LogP contribution is 2.19. The number of nitrogens with zero attached hydrogens (tertiary/aromatic N) is 2. The Labute approximate surface area is 184 Å². The zero-order valence-corrected chi connectivity index (χ0v) is 18.0. The number of hydrogen-bond donors (Lipinski definition) is 3. The summed E-state index contributed by atoms with van der Waals surface area (Å²) in [5, 5.41) is 16.4. The average Bonchev–Trinajstić information content (AvgIpc) is 2.85. The van der Waals surface area contributed by atoms with Gasteiger partial charge in [-0.05, 0) is 11.1 Å². The van der Waals surface area contributed by atoms with Crippen molar-refractivity contribution in [1.82, 2.24) is 15.5 Å². The summed E-state index contributed by atoms with van der Waals surface area (Å²) in [6, 6.07) is 19.7. The molecule has 0 radical (unpaired) electrons. The minimum atomic E-state index is -0.319. The number of aliphatic imine (C=N–C) groups is 1. The van der Waals surface area contributed by atoms with Crippen molar-refractivity contribution in [3.05, 3.63) is 71.8 Å². The molecule has 1 aliphatic heterocycles. The summed E-state index contributed by atoms with van der Waals surface area (Å²) in [5.41, 5.74) is 2.04. The second-order valence-corrected chi connectivity index (χ2v) is 7.53. The Hall–Kier alpha value is -2.90. The average molecular weight is 425 g/mol. The SMILES string of the molecule is CN=C(NCC(CO)c1ccccc1)NCC(C(=O)N1CCOCC1)c1ccccc1. The van der Waals surface area contributed by atoms with Crippen molar-refractivity contribution in [2.45, 2.75) is 11.8 Å². The van der Waals surface area contributed by atoms with Crippen LogP contribution in [0.15, 0.2) is 65.7 Å². The van der Waals surface area contributed by atoms with Gasteiger partial charge in [-0.1, -0.05) is 60.7 Å². The quantitative estimate of drug-likeness (QED) is 0.442. The number of carbonyl (C=O) groups excluding carboxylic acids is 1. The van der Waals surface area contributed by atoms with E-state index < -0.39 is 0 Å². The van der Waals surface area contributed by atoms with Crippen molar-refractivity contribution in [3.8, 4) is 0 Å². The molecule has 0 aromatic heterocycles. The molecule has 166 valence electrons. The van der Waals surface area contributed by atoms with Crippen LogP contribution in [0.1, 0.15) is 23.0 Å². The molecule has 2 unspecified atom stereocenters. The molecule has 0 bridgehead atoms. The summed E-state index contributed by atoms with van der Waals surface area (Å²) < 4.78 is 5.39. The van der Waals surface area contributed by atoms with Crippen molar-refractivity contribution >= 4 is 11.9 Å². The van der Waals surface area contributed by atoms with Crippen LogP contribution in [0.2, 0.25) is 0 Å². The predicted molar refractivity (Wildman–Crippen MR) is 122 cm³/mol. The maximum atomic E-state index is 13.2. The number of carbonyl (C=O) groups is 1. The lowest BCUT2D eigenvalue weighted by molar-refractivity contribution is -0.136. The highest BCUT2D eigenvalue weighted by atomic mass is 16.5. The van der Waals surface area contributed by atoms with Gasteiger partial charge in [-0.2, -0.15) is 0 Å². The molecule has 7 heteroatoms. The van der Waals surface area contributed by atoms with Crippen LogP contribution >= 0.6 is 0 Å². The molecule has 1 heterocycles. The third-order valence-corrected chi connectivity index (χ3v) is 5.53. The molecule has 0 saturated carbocycles. The normalized spacial score (nSPS) is 16.5. The van der Waals surface area contributed by atoms with Crippen LogP contribution in [0, 0.1) is 0 Å². The molecular weight excluding hydrogens is 392 g/mol. The van der Waals surface area contributed by atoms with E-state index in [1.807, 2.05) is 65.6 Å². The summed E-state index contributed by atoms with van der Waals surface area (Å²) in [7, 11) is 1.70. The Bertz CT molecular complexity index is 823. The maximum absolute atomic E-state index is 13.2. The third kappa shape index (κ3) is 6.54. The molecule has 1 saturated heterocycles. The van der Waals surface area contributed by atoms with E-state index >= 15 is 0 Å². The van der Waals surface area contributed by atoms with Crippen molar-refractivity contribution in [1.29, 1.82) is 0 Å². The molecule has 0 aliphatic carbocycles. The van der Waals surface area contributed by atoms with Crippen molar-refractivity contribution in [2.24, 2.45) is 4.99 Å². The number of aliphatic hydroxyl groups is 1. The number of nitrogens with one attached hydrogen (secondary N) is 2. The van der Waals surface area contributed by atoms with Gasteiger partial charge in [-0.15, -0.1) is 0 Å². The van der Waals surface area contributed by atoms with Gasteiger partial charge in [0.1, 0.15) is 0 Å². The van der Waals surface area contributed by atoms with Crippen molar-refractivity contribution in [3.63, 3.8) is 0 Å². The predicted octanol–water partition coefficient (Wildman–Crippen LogP) is 1.57. The largest absolute Gasteiger partial charge is 0.396 e. The topological polar surface area (TPSA) is 86.2 Å². The van der Waals surface area contributed by atoms with Crippen LogP contribution in [0.4, 0.5) is 0 Å². The Kier molecular flexibility index (Phi) is 8.87. The van der Waals surface area contributed by atoms with Crippen LogP contribution in [-0.2, 0) is 9.53 Å². The van der Waals surface area contributed by atoms with Crippen LogP contribution in [-0.4, -0.2) is 74.9 Å². The molecule has 3 N–H and O–H groups in total. The van der Waals surface area contributed by atoms with Gasteiger partial charge in [0.25, 0.3) is 0 Å².